The summed E-state index contributed by atoms with van der Waals surface area (Å²) >= 11 is 0. The maximum absolute atomic E-state index is 11.8. The molecule has 0 amide bonds. The van der Waals surface area contributed by atoms with Crippen LogP contribution in [0.4, 0.5) is 0 Å². The Bertz CT molecular complexity index is 4780. The fourth-order valence-corrected chi connectivity index (χ4v) is 10.7. The number of hydrogen-bond acceptors (Lipinski definition) is 23. The number of nitrogens with zero attached hydrogens (tertiary/aromatic N) is 8. The molecule has 8 aromatic carbocycles. The Morgan fingerprint density at radius 1 is 0.355 bits per heavy atom. The molecular formula is C97H116Ir4N8O15-4. The molecule has 8 unspecified atom stereocenters. The quantitative estimate of drug-likeness (QED) is 0.0218. The van der Waals surface area contributed by atoms with Crippen LogP contribution in [0.1, 0.15) is 161 Å². The predicted molar refractivity (Wildman–Crippen MR) is 468 cm³/mol. The third-order valence-corrected chi connectivity index (χ3v) is 16.2. The topological polar surface area (TPSA) is 337 Å². The fourth-order valence-electron chi connectivity index (χ4n) is 10.7. The summed E-state index contributed by atoms with van der Waals surface area (Å²) in [5.41, 5.74) is 10.9. The number of hydrogen-bond donors (Lipinski definition) is 8. The van der Waals surface area contributed by atoms with E-state index in [1.54, 1.807) is 93.0 Å². The molecule has 23 nitrogen and oxygen atoms in total. The molecule has 0 saturated heterocycles. The number of aliphatic hydroxyl groups is 8. The summed E-state index contributed by atoms with van der Waals surface area (Å²) in [5.74, 6) is 6.35. The fraction of sp³-hybridized carbons (Fsp3) is 0.330. The van der Waals surface area contributed by atoms with Gasteiger partial charge in [0.05, 0.1) is 80.1 Å². The maximum atomic E-state index is 11.8. The first kappa shape index (κ1) is 113. The number of esters is 1. The first-order valence-corrected chi connectivity index (χ1v) is 39.5. The van der Waals surface area contributed by atoms with Crippen molar-refractivity contribution in [2.75, 3.05) is 14.2 Å². The van der Waals surface area contributed by atoms with Crippen molar-refractivity contribution < 1.29 is 154 Å². The molecule has 12 rings (SSSR count). The number of benzene rings is 8. The van der Waals surface area contributed by atoms with E-state index < -0.39 is 5.97 Å². The van der Waals surface area contributed by atoms with E-state index in [4.69, 9.17) is 74.3 Å². The first-order chi connectivity index (χ1) is 57.1. The van der Waals surface area contributed by atoms with Crippen LogP contribution >= 0.6 is 0 Å². The number of carbonyl (C=O) groups excluding carboxylic acids is 1. The Labute approximate surface area is 785 Å². The minimum atomic E-state index is -0.536. The number of aromatic nitrogens is 8. The van der Waals surface area contributed by atoms with E-state index in [9.17, 15) is 4.79 Å². The average molecular weight is 2400 g/mol. The van der Waals surface area contributed by atoms with Gasteiger partial charge in [0.15, 0.2) is 5.88 Å². The van der Waals surface area contributed by atoms with E-state index in [0.717, 1.165) is 91.0 Å². The molecule has 0 saturated carbocycles. The molecule has 8 N–H and O–H groups in total. The smallest absolute Gasteiger partial charge is 0.349 e. The van der Waals surface area contributed by atoms with Gasteiger partial charge in [-0.1, -0.05) is 107 Å². The largest absolute Gasteiger partial charge is 0.502 e. The van der Waals surface area contributed by atoms with Crippen molar-refractivity contribution in [1.82, 2.24) is 39.9 Å². The summed E-state index contributed by atoms with van der Waals surface area (Å²) in [6.07, 6.45) is 7.26. The minimum Gasteiger partial charge on any atom is -0.502 e. The molecule has 4 heterocycles. The molecule has 4 radical (unpaired) electrons. The van der Waals surface area contributed by atoms with Gasteiger partial charge in [0.1, 0.15) is 28.7 Å². The summed E-state index contributed by atoms with van der Waals surface area (Å²) in [5, 5.41) is 68.5. The van der Waals surface area contributed by atoms with E-state index in [1.807, 2.05) is 203 Å². The number of aliphatic hydroxyl groups excluding tert-OH is 8. The van der Waals surface area contributed by atoms with Crippen LogP contribution in [0.3, 0.4) is 0 Å². The molecule has 8 atom stereocenters. The summed E-state index contributed by atoms with van der Waals surface area (Å²) < 4.78 is 33.0. The van der Waals surface area contributed by atoms with Gasteiger partial charge in [0.25, 0.3) is 0 Å². The molecule has 0 bridgehead atoms. The molecular weight excluding hydrogens is 2290 g/mol. The van der Waals surface area contributed by atoms with Gasteiger partial charge in [-0.25, -0.2) is 9.78 Å². The van der Waals surface area contributed by atoms with Crippen LogP contribution in [0.2, 0.25) is 0 Å². The Morgan fingerprint density at radius 3 is 0.919 bits per heavy atom. The summed E-state index contributed by atoms with van der Waals surface area (Å²) in [6, 6.07) is 73.4. The first-order valence-electron chi connectivity index (χ1n) is 39.5. The number of para-hydroxylation sites is 4. The maximum Gasteiger partial charge on any atom is 0.349 e. The zero-order valence-electron chi connectivity index (χ0n) is 73.2. The van der Waals surface area contributed by atoms with Gasteiger partial charge in [-0.15, -0.1) is 119 Å². The van der Waals surface area contributed by atoms with Gasteiger partial charge in [-0.3, -0.25) is 19.9 Å². The molecule has 0 aliphatic heterocycles. The zero-order chi connectivity index (χ0) is 88.3. The zero-order valence-corrected chi connectivity index (χ0v) is 82.8. The van der Waals surface area contributed by atoms with Crippen LogP contribution < -0.4 is 23.7 Å². The van der Waals surface area contributed by atoms with Crippen molar-refractivity contribution in [2.24, 2.45) is 0 Å². The Morgan fingerprint density at radius 2 is 0.653 bits per heavy atom. The third-order valence-electron chi connectivity index (χ3n) is 16.2. The summed E-state index contributed by atoms with van der Waals surface area (Å²) in [7, 11) is 2.89. The van der Waals surface area contributed by atoms with Gasteiger partial charge in [-0.05, 0) is 156 Å². The number of methoxy groups -OCH3 is 2. The number of rotatable bonds is 23. The molecule has 124 heavy (non-hydrogen) atoms. The van der Waals surface area contributed by atoms with E-state index in [2.05, 4.69) is 93.8 Å². The minimum absolute atomic E-state index is 0. The van der Waals surface area contributed by atoms with Crippen molar-refractivity contribution in [3.05, 3.63) is 284 Å². The van der Waals surface area contributed by atoms with Crippen molar-refractivity contribution in [2.45, 2.75) is 197 Å². The van der Waals surface area contributed by atoms with Crippen LogP contribution in [0.15, 0.2) is 225 Å². The van der Waals surface area contributed by atoms with Gasteiger partial charge in [-0.2, -0.15) is 0 Å². The van der Waals surface area contributed by atoms with Crippen LogP contribution in [0.5, 0.6) is 51.9 Å². The van der Waals surface area contributed by atoms with E-state index in [1.165, 1.54) is 19.5 Å². The molecule has 0 aliphatic rings. The molecule has 0 aliphatic carbocycles. The Hall–Kier alpha value is -9.17. The standard InChI is InChI=1S/C21H21N2O.C20H19N2O.C18H13N2O3.C18H15N2O2.4C5H12O2.4Ir/c1-15-20(22-14-19(23-15)21(2,3)4)16-10-12-18(13-11-16)24-17-8-6-5-7-9-17;1-14(2)19-13-21-20(15(3)22-19)16-9-11-18(12-10-16)23-17-7-5-4-6-8-17;1-22-18(21)17-16(19-11-12-20-17)13-7-9-15(10-8-13)23-14-5-3-2-4-6-14;1-13-12-19-17(18(20-13)21-2)14-8-10-16(11-9-14)22-15-6-4-3-5-7-15;4*1-4(6)3-5(2)7;;;;/h5-10,12-14H,1-4H3;4-9,11-14H,1-3H3;2-7,9-12H,1H3;3-8,10-12H,1-2H3;4*4-7H,3H2,1-2H3;;;;/q4*-1;;;;;;;;. The van der Waals surface area contributed by atoms with Crippen LogP contribution in [-0.2, 0) is 90.6 Å². The van der Waals surface area contributed by atoms with E-state index in [-0.39, 0.29) is 140 Å². The van der Waals surface area contributed by atoms with Gasteiger partial charge < -0.3 is 84.2 Å². The predicted octanol–water partition coefficient (Wildman–Crippen LogP) is 18.6. The van der Waals surface area contributed by atoms with Crippen LogP contribution in [0.25, 0.3) is 45.0 Å². The molecule has 4 aromatic heterocycles. The van der Waals surface area contributed by atoms with Gasteiger partial charge in [0, 0.05) is 174 Å². The SMILES string of the molecule is CC(O)CC(C)O.CC(O)CC(C)O.CC(O)CC(C)O.CC(O)CC(C)O.COC(=O)c1nccnc1-c1[c-]cc(Oc2ccccc2)cc1.COc1nc(C)cnc1-c1[c-]cc(Oc2ccccc2)cc1.Cc1nc(C(C)(C)C)cnc1-c1[c-]cc(Oc2ccccc2)cc1.Cc1nc(C(C)C)cnc1-c1[c-]cc(Oc2ccccc2)cc1.[Ir].[Ir].[Ir].[Ir]. The van der Waals surface area contributed by atoms with E-state index >= 15 is 0 Å². The second kappa shape index (κ2) is 60.4. The van der Waals surface area contributed by atoms with Crippen molar-refractivity contribution in [3.8, 4) is 96.9 Å². The van der Waals surface area contributed by atoms with Gasteiger partial charge in [0.2, 0.25) is 0 Å². The van der Waals surface area contributed by atoms with Crippen LogP contribution in [0, 0.1) is 45.0 Å². The number of aryl methyl sites for hydroxylation is 3. The Balaban J connectivity index is 0.000000741. The second-order valence-electron chi connectivity index (χ2n) is 29.6. The van der Waals surface area contributed by atoms with Crippen molar-refractivity contribution in [1.29, 1.82) is 0 Å². The molecule has 27 heteroatoms. The number of ether oxygens (including phenoxy) is 6. The van der Waals surface area contributed by atoms with Crippen molar-refractivity contribution >= 4 is 5.97 Å². The van der Waals surface area contributed by atoms with Gasteiger partial charge >= 0.3 is 5.97 Å². The average Bonchev–Trinajstić information content (AvgIpc) is 0.827. The monoisotopic (exact) mass is 2400 g/mol. The van der Waals surface area contributed by atoms with Crippen LogP contribution in [-0.4, -0.2) is 150 Å². The molecule has 0 fully saturated rings. The number of carbonyl (C=O) groups is 1. The second-order valence-corrected chi connectivity index (χ2v) is 29.6. The third kappa shape index (κ3) is 44.1. The summed E-state index contributed by atoms with van der Waals surface area (Å²) in [4.78, 5) is 47.1. The van der Waals surface area contributed by atoms with E-state index in [0.29, 0.717) is 65.9 Å². The molecule has 0 spiro atoms. The molecule has 12 aromatic rings. The van der Waals surface area contributed by atoms with Crippen molar-refractivity contribution in [3.63, 3.8) is 0 Å². The Kier molecular flexibility index (Phi) is 55.0. The summed E-state index contributed by atoms with van der Waals surface area (Å²) in [6.45, 7) is 29.8. The molecule has 674 valence electrons. The normalized spacial score (nSPS) is 12.2.